The van der Waals surface area contributed by atoms with Gasteiger partial charge in [-0.15, -0.1) is 0 Å². The van der Waals surface area contributed by atoms with Crippen LogP contribution in [0.2, 0.25) is 10.0 Å². The predicted octanol–water partition coefficient (Wildman–Crippen LogP) is 8.53. The third-order valence-electron chi connectivity index (χ3n) is 10.1. The Balaban J connectivity index is 1.15. The van der Waals surface area contributed by atoms with Gasteiger partial charge in [0.05, 0.1) is 24.4 Å². The van der Waals surface area contributed by atoms with E-state index >= 15 is 4.39 Å². The highest BCUT2D eigenvalue weighted by Crippen LogP contribution is 2.38. The smallest absolute Gasteiger partial charge is 0.415 e. The van der Waals surface area contributed by atoms with Gasteiger partial charge in [0.2, 0.25) is 0 Å². The number of pyridine rings is 1. The van der Waals surface area contributed by atoms with Crippen molar-refractivity contribution < 1.29 is 46.4 Å². The van der Waals surface area contributed by atoms with Crippen LogP contribution < -0.4 is 19.1 Å². The SMILES string of the molecule is O=C(O[C@@H](Cc1c(Cl)c[n+]([O-])cc1Cl)c1ccc(OC(F)F)c(OCC2CC2)c1)c1cccc(CN(C(=O)O[C@H]2CN3CCC2CC3)c2ccccc2F)c1. The third kappa shape index (κ3) is 9.57. The summed E-state index contributed by atoms with van der Waals surface area (Å²) in [7, 11) is 0. The number of amides is 1. The number of rotatable bonds is 14. The topological polar surface area (TPSA) is 104 Å². The molecule has 15 heteroatoms. The lowest BCUT2D eigenvalue weighted by molar-refractivity contribution is -0.605. The van der Waals surface area contributed by atoms with Crippen molar-refractivity contribution in [2.45, 2.75) is 57.5 Å². The largest absolute Gasteiger partial charge is 0.619 e. The lowest BCUT2D eigenvalue weighted by atomic mass is 9.86. The zero-order valence-electron chi connectivity index (χ0n) is 29.6. The number of carbonyl (C=O) groups is 2. The number of benzene rings is 3. The Kier molecular flexibility index (Phi) is 11.9. The van der Waals surface area contributed by atoms with Crippen LogP contribution in [0.5, 0.6) is 11.5 Å². The number of aromatic nitrogens is 1. The first-order chi connectivity index (χ1) is 26.5. The van der Waals surface area contributed by atoms with Crippen LogP contribution in [0.15, 0.2) is 79.1 Å². The van der Waals surface area contributed by atoms with Crippen molar-refractivity contribution in [1.82, 2.24) is 4.90 Å². The normalized spacial score (nSPS) is 19.5. The molecule has 1 amide bonds. The molecular weight excluding hydrogens is 762 g/mol. The number of esters is 1. The number of fused-ring (bicyclic) bond motifs is 3. The Morgan fingerprint density at radius 2 is 1.69 bits per heavy atom. The summed E-state index contributed by atoms with van der Waals surface area (Å²) >= 11 is 12.8. The first-order valence-corrected chi connectivity index (χ1v) is 18.8. The maximum Gasteiger partial charge on any atom is 0.415 e. The molecule has 0 spiro atoms. The van der Waals surface area contributed by atoms with E-state index in [4.69, 9.17) is 42.1 Å². The third-order valence-corrected chi connectivity index (χ3v) is 10.8. The van der Waals surface area contributed by atoms with Gasteiger partial charge in [0.1, 0.15) is 28.1 Å². The Hall–Kier alpha value is -4.72. The van der Waals surface area contributed by atoms with E-state index in [2.05, 4.69) is 4.90 Å². The summed E-state index contributed by atoms with van der Waals surface area (Å²) in [5.41, 5.74) is 1.27. The molecule has 8 rings (SSSR count). The molecule has 55 heavy (non-hydrogen) atoms. The fraction of sp³-hybridized carbons (Fsp3) is 0.375. The molecule has 2 atom stereocenters. The molecule has 0 N–H and O–H groups in total. The summed E-state index contributed by atoms with van der Waals surface area (Å²) in [5.74, 6) is -1.02. The van der Waals surface area contributed by atoms with Gasteiger partial charge in [-0.05, 0) is 98.1 Å². The van der Waals surface area contributed by atoms with Crippen LogP contribution >= 0.6 is 23.2 Å². The Bertz CT molecular complexity index is 2010. The Labute approximate surface area is 325 Å². The summed E-state index contributed by atoms with van der Waals surface area (Å²) < 4.78 is 64.8. The van der Waals surface area contributed by atoms with E-state index in [-0.39, 0.29) is 64.4 Å². The van der Waals surface area contributed by atoms with Crippen molar-refractivity contribution in [1.29, 1.82) is 0 Å². The molecule has 3 saturated heterocycles. The molecule has 4 aliphatic rings. The van der Waals surface area contributed by atoms with E-state index in [9.17, 15) is 23.6 Å². The van der Waals surface area contributed by atoms with E-state index in [1.807, 2.05) is 0 Å². The van der Waals surface area contributed by atoms with Gasteiger partial charge in [-0.3, -0.25) is 9.80 Å². The minimum absolute atomic E-state index is 0.0202. The average molecular weight is 801 g/mol. The molecule has 2 bridgehead atoms. The van der Waals surface area contributed by atoms with Gasteiger partial charge >= 0.3 is 18.7 Å². The molecule has 1 aromatic heterocycles. The van der Waals surface area contributed by atoms with Gasteiger partial charge in [-0.25, -0.2) is 14.0 Å². The highest BCUT2D eigenvalue weighted by atomic mass is 35.5. The number of carbonyl (C=O) groups excluding carboxylic acids is 2. The minimum atomic E-state index is -3.10. The maximum absolute atomic E-state index is 15.2. The van der Waals surface area contributed by atoms with E-state index in [1.54, 1.807) is 18.2 Å². The van der Waals surface area contributed by atoms with Crippen molar-refractivity contribution >= 4 is 41.0 Å². The van der Waals surface area contributed by atoms with Gasteiger partial charge < -0.3 is 24.2 Å². The zero-order chi connectivity index (χ0) is 38.6. The highest BCUT2D eigenvalue weighted by molar-refractivity contribution is 6.35. The van der Waals surface area contributed by atoms with Crippen molar-refractivity contribution in [3.05, 3.63) is 122 Å². The minimum Gasteiger partial charge on any atom is -0.619 e. The zero-order valence-corrected chi connectivity index (χ0v) is 31.1. The van der Waals surface area contributed by atoms with E-state index in [0.29, 0.717) is 33.9 Å². The summed E-state index contributed by atoms with van der Waals surface area (Å²) in [6.07, 6.45) is 3.74. The van der Waals surface area contributed by atoms with Crippen molar-refractivity contribution in [3.8, 4) is 11.5 Å². The molecule has 10 nitrogen and oxygen atoms in total. The van der Waals surface area contributed by atoms with Crippen LogP contribution in [0.3, 0.4) is 0 Å². The van der Waals surface area contributed by atoms with Crippen molar-refractivity contribution in [3.63, 3.8) is 0 Å². The summed E-state index contributed by atoms with van der Waals surface area (Å²) in [6.45, 7) is -0.401. The fourth-order valence-electron chi connectivity index (χ4n) is 6.99. The quantitative estimate of drug-likeness (QED) is 0.0711. The van der Waals surface area contributed by atoms with Crippen molar-refractivity contribution in [2.24, 2.45) is 11.8 Å². The first-order valence-electron chi connectivity index (χ1n) is 18.0. The number of hydrogen-bond acceptors (Lipinski definition) is 8. The number of nitrogens with zero attached hydrogens (tertiary/aromatic N) is 3. The summed E-state index contributed by atoms with van der Waals surface area (Å²) in [5, 5.41) is 12.0. The molecule has 3 aromatic carbocycles. The molecule has 290 valence electrons. The lowest BCUT2D eigenvalue weighted by Gasteiger charge is -2.44. The van der Waals surface area contributed by atoms with Gasteiger partial charge in [-0.2, -0.15) is 13.5 Å². The van der Waals surface area contributed by atoms with Gasteiger partial charge in [-0.1, -0.05) is 53.5 Å². The second kappa shape index (κ2) is 17.0. The molecule has 0 unspecified atom stereocenters. The van der Waals surface area contributed by atoms with E-state index < -0.39 is 30.6 Å². The van der Waals surface area contributed by atoms with Crippen LogP contribution in [0.25, 0.3) is 0 Å². The number of piperidine rings is 3. The van der Waals surface area contributed by atoms with Crippen LogP contribution in [0.4, 0.5) is 23.7 Å². The highest BCUT2D eigenvalue weighted by Gasteiger charge is 2.38. The number of halogens is 5. The van der Waals surface area contributed by atoms with Crippen molar-refractivity contribution in [2.75, 3.05) is 31.1 Å². The molecule has 1 aliphatic carbocycles. The lowest BCUT2D eigenvalue weighted by Crippen LogP contribution is -2.53. The van der Waals surface area contributed by atoms with Crippen LogP contribution in [-0.2, 0) is 22.4 Å². The van der Waals surface area contributed by atoms with Crippen LogP contribution in [-0.4, -0.2) is 55.9 Å². The van der Waals surface area contributed by atoms with Crippen LogP contribution in [0, 0.1) is 22.9 Å². The average Bonchev–Trinajstić information content (AvgIpc) is 4.00. The Morgan fingerprint density at radius 1 is 0.945 bits per heavy atom. The summed E-state index contributed by atoms with van der Waals surface area (Å²) in [4.78, 5) is 31.1. The number of para-hydroxylation sites is 1. The molecule has 4 fully saturated rings. The Morgan fingerprint density at radius 3 is 2.36 bits per heavy atom. The molecule has 0 radical (unpaired) electrons. The predicted molar refractivity (Wildman–Crippen MR) is 197 cm³/mol. The second-order valence-electron chi connectivity index (χ2n) is 14.0. The second-order valence-corrected chi connectivity index (χ2v) is 14.8. The maximum atomic E-state index is 15.2. The molecule has 3 aliphatic heterocycles. The molecular formula is C40H38Cl2F3N3O7. The number of hydrogen-bond donors (Lipinski definition) is 0. The molecule has 4 heterocycles. The number of alkyl halides is 2. The monoisotopic (exact) mass is 799 g/mol. The number of anilines is 1. The van der Waals surface area contributed by atoms with Gasteiger partial charge in [0.25, 0.3) is 0 Å². The van der Waals surface area contributed by atoms with Gasteiger partial charge in [0, 0.05) is 18.5 Å². The van der Waals surface area contributed by atoms with Crippen LogP contribution in [0.1, 0.15) is 58.8 Å². The standard InChI is InChI=1S/C40H38Cl2F3N3O7/c41-30-20-47(51)21-31(42)29(30)18-35(27-10-11-34(54-39(44)45)36(17-27)52-23-24-8-9-24)53-38(49)28-5-3-4-25(16-28)19-48(33-7-2-1-6-32(33)43)40(50)55-37-22-46-14-12-26(37)13-15-46/h1-7,10-11,16-17,20-21,24,26,35,37,39H,8-9,12-15,18-19,22-23H2/t35-,37-/m0/s1. The summed E-state index contributed by atoms with van der Waals surface area (Å²) in [6, 6.07) is 16.5. The molecule has 1 saturated carbocycles. The van der Waals surface area contributed by atoms with E-state index in [0.717, 1.165) is 51.2 Å². The van der Waals surface area contributed by atoms with E-state index in [1.165, 1.54) is 53.4 Å². The number of ether oxygens (including phenoxy) is 4. The molecule has 4 aromatic rings. The first kappa shape index (κ1) is 38.6. The van der Waals surface area contributed by atoms with Gasteiger partial charge in [0.15, 0.2) is 23.9 Å². The fourth-order valence-corrected chi connectivity index (χ4v) is 7.59.